The maximum absolute atomic E-state index is 12.5. The molecule has 0 aliphatic carbocycles. The number of aromatic amines is 1. The second-order valence-corrected chi connectivity index (χ2v) is 8.33. The lowest BCUT2D eigenvalue weighted by Crippen LogP contribution is -2.24. The van der Waals surface area contributed by atoms with Crippen LogP contribution in [-0.2, 0) is 20.4 Å². The van der Waals surface area contributed by atoms with Crippen molar-refractivity contribution in [3.8, 4) is 5.75 Å². The minimum absolute atomic E-state index is 0.178. The molecule has 9 heteroatoms. The third-order valence-corrected chi connectivity index (χ3v) is 5.51. The molecule has 0 atom stereocenters. The van der Waals surface area contributed by atoms with Crippen LogP contribution in [0.1, 0.15) is 22.8 Å². The molecule has 3 rings (SSSR count). The fourth-order valence-electron chi connectivity index (χ4n) is 2.78. The summed E-state index contributed by atoms with van der Waals surface area (Å²) in [6, 6.07) is 11.8. The molecule has 0 saturated heterocycles. The number of sulfone groups is 1. The molecule has 8 nitrogen and oxygen atoms in total. The van der Waals surface area contributed by atoms with Gasteiger partial charge in [-0.15, -0.1) is 0 Å². The van der Waals surface area contributed by atoms with Crippen molar-refractivity contribution in [3.05, 3.63) is 53.6 Å². The van der Waals surface area contributed by atoms with Gasteiger partial charge in [0.2, 0.25) is 11.9 Å². The molecule has 146 valence electrons. The average Bonchev–Trinajstić information content (AvgIpc) is 3.02. The summed E-state index contributed by atoms with van der Waals surface area (Å²) in [5, 5.41) is 2.46. The summed E-state index contributed by atoms with van der Waals surface area (Å²) in [5.74, 6) is -1.53. The van der Waals surface area contributed by atoms with E-state index in [2.05, 4.69) is 15.3 Å². The van der Waals surface area contributed by atoms with Crippen LogP contribution >= 0.6 is 0 Å². The highest BCUT2D eigenvalue weighted by Crippen LogP contribution is 2.23. The number of hydrogen-bond donors (Lipinski definition) is 2. The first kappa shape index (κ1) is 19.6. The average molecular weight is 401 g/mol. The number of para-hydroxylation sites is 2. The van der Waals surface area contributed by atoms with E-state index in [0.29, 0.717) is 22.4 Å². The van der Waals surface area contributed by atoms with Gasteiger partial charge in [0, 0.05) is 11.1 Å². The standard InChI is InChI=1S/C19H19N3O5S/c1-12(23)13-7-8-17(27-2)14(9-13)10-28(25,26)11-18(24)22-19-20-15-5-3-4-6-16(15)21-19/h3-9H,10-11H2,1-2H3,(H2,20,21,22,24). The number of H-pyrrole nitrogens is 1. The number of ether oxygens (including phenoxy) is 1. The Morgan fingerprint density at radius 2 is 1.93 bits per heavy atom. The number of rotatable bonds is 7. The first-order valence-electron chi connectivity index (χ1n) is 8.40. The Balaban J connectivity index is 1.73. The lowest BCUT2D eigenvalue weighted by Gasteiger charge is -2.10. The third-order valence-electron chi connectivity index (χ3n) is 4.06. The number of carbonyl (C=O) groups excluding carboxylic acids is 2. The highest BCUT2D eigenvalue weighted by atomic mass is 32.2. The predicted octanol–water partition coefficient (Wildman–Crippen LogP) is 2.33. The molecule has 0 fully saturated rings. The topological polar surface area (TPSA) is 118 Å². The monoisotopic (exact) mass is 401 g/mol. The van der Waals surface area contributed by atoms with Crippen LogP contribution in [0.5, 0.6) is 5.75 Å². The molecule has 0 spiro atoms. The molecular weight excluding hydrogens is 382 g/mol. The second-order valence-electron chi connectivity index (χ2n) is 6.27. The molecule has 0 saturated carbocycles. The van der Waals surface area contributed by atoms with Gasteiger partial charge < -0.3 is 9.72 Å². The lowest BCUT2D eigenvalue weighted by molar-refractivity contribution is -0.113. The number of imidazole rings is 1. The number of benzene rings is 2. The SMILES string of the molecule is COc1ccc(C(C)=O)cc1CS(=O)(=O)CC(=O)Nc1nc2ccccc2[nH]1. The van der Waals surface area contributed by atoms with E-state index in [9.17, 15) is 18.0 Å². The lowest BCUT2D eigenvalue weighted by atomic mass is 10.1. The Bertz CT molecular complexity index is 1120. The van der Waals surface area contributed by atoms with E-state index < -0.39 is 27.3 Å². The van der Waals surface area contributed by atoms with Gasteiger partial charge in [0.05, 0.1) is 23.9 Å². The molecule has 0 unspecified atom stereocenters. The van der Waals surface area contributed by atoms with Crippen LogP contribution in [0, 0.1) is 0 Å². The van der Waals surface area contributed by atoms with Gasteiger partial charge in [-0.2, -0.15) is 0 Å². The van der Waals surface area contributed by atoms with E-state index in [1.54, 1.807) is 18.2 Å². The van der Waals surface area contributed by atoms with Gasteiger partial charge in [-0.3, -0.25) is 14.9 Å². The van der Waals surface area contributed by atoms with Crippen LogP contribution in [0.2, 0.25) is 0 Å². The number of methoxy groups -OCH3 is 1. The van der Waals surface area contributed by atoms with E-state index in [0.717, 1.165) is 5.52 Å². The van der Waals surface area contributed by atoms with Crippen LogP contribution in [0.25, 0.3) is 11.0 Å². The van der Waals surface area contributed by atoms with Crippen molar-refractivity contribution in [2.24, 2.45) is 0 Å². The van der Waals surface area contributed by atoms with Crippen LogP contribution < -0.4 is 10.1 Å². The smallest absolute Gasteiger partial charge is 0.241 e. The summed E-state index contributed by atoms with van der Waals surface area (Å²) in [6.45, 7) is 1.39. The summed E-state index contributed by atoms with van der Waals surface area (Å²) >= 11 is 0. The summed E-state index contributed by atoms with van der Waals surface area (Å²) < 4.78 is 30.1. The number of carbonyl (C=O) groups is 2. The Kier molecular flexibility index (Phi) is 5.46. The Morgan fingerprint density at radius 1 is 1.18 bits per heavy atom. The fourth-order valence-corrected chi connectivity index (χ4v) is 4.05. The first-order valence-corrected chi connectivity index (χ1v) is 10.2. The molecule has 0 aliphatic heterocycles. The maximum Gasteiger partial charge on any atom is 0.241 e. The van der Waals surface area contributed by atoms with Crippen molar-refractivity contribution >= 4 is 38.5 Å². The largest absolute Gasteiger partial charge is 0.496 e. The van der Waals surface area contributed by atoms with E-state index in [-0.39, 0.29) is 11.7 Å². The van der Waals surface area contributed by atoms with Gasteiger partial charge in [0.25, 0.3) is 0 Å². The summed E-state index contributed by atoms with van der Waals surface area (Å²) in [4.78, 5) is 30.8. The van der Waals surface area contributed by atoms with Crippen LogP contribution in [-0.4, -0.2) is 42.9 Å². The third kappa shape index (κ3) is 4.55. The van der Waals surface area contributed by atoms with Crippen molar-refractivity contribution in [3.63, 3.8) is 0 Å². The molecule has 1 heterocycles. The molecule has 0 bridgehead atoms. The number of hydrogen-bond acceptors (Lipinski definition) is 6. The molecule has 1 aromatic heterocycles. The number of nitrogens with zero attached hydrogens (tertiary/aromatic N) is 1. The molecule has 0 radical (unpaired) electrons. The van der Waals surface area contributed by atoms with Gasteiger partial charge in [0.15, 0.2) is 15.6 Å². The van der Waals surface area contributed by atoms with Crippen LogP contribution in [0.15, 0.2) is 42.5 Å². The quantitative estimate of drug-likeness (QED) is 0.587. The van der Waals surface area contributed by atoms with E-state index >= 15 is 0 Å². The van der Waals surface area contributed by atoms with Gasteiger partial charge in [-0.25, -0.2) is 13.4 Å². The van der Waals surface area contributed by atoms with Gasteiger partial charge in [0.1, 0.15) is 11.5 Å². The second kappa shape index (κ2) is 7.81. The number of anilines is 1. The van der Waals surface area contributed by atoms with E-state index in [1.165, 1.54) is 26.2 Å². The maximum atomic E-state index is 12.5. The van der Waals surface area contributed by atoms with E-state index in [4.69, 9.17) is 4.74 Å². The number of ketones is 1. The number of aromatic nitrogens is 2. The minimum atomic E-state index is -3.80. The Morgan fingerprint density at radius 3 is 2.61 bits per heavy atom. The van der Waals surface area contributed by atoms with E-state index in [1.807, 2.05) is 12.1 Å². The number of nitrogens with one attached hydrogen (secondary N) is 2. The molecular formula is C19H19N3O5S. The highest BCUT2D eigenvalue weighted by molar-refractivity contribution is 7.91. The van der Waals surface area contributed by atoms with Crippen LogP contribution in [0.3, 0.4) is 0 Å². The zero-order valence-corrected chi connectivity index (χ0v) is 16.2. The van der Waals surface area contributed by atoms with Crippen molar-refractivity contribution in [2.45, 2.75) is 12.7 Å². The zero-order chi connectivity index (χ0) is 20.3. The predicted molar refractivity (Wildman–Crippen MR) is 105 cm³/mol. The molecule has 28 heavy (non-hydrogen) atoms. The van der Waals surface area contributed by atoms with Crippen LogP contribution in [0.4, 0.5) is 5.95 Å². The van der Waals surface area contributed by atoms with Gasteiger partial charge in [-0.1, -0.05) is 12.1 Å². The zero-order valence-electron chi connectivity index (χ0n) is 15.4. The van der Waals surface area contributed by atoms with Gasteiger partial charge in [-0.05, 0) is 37.3 Å². The molecule has 2 aromatic carbocycles. The Hall–Kier alpha value is -3.20. The molecule has 2 N–H and O–H groups in total. The minimum Gasteiger partial charge on any atom is -0.496 e. The summed E-state index contributed by atoms with van der Waals surface area (Å²) in [7, 11) is -2.39. The molecule has 1 amide bonds. The fraction of sp³-hybridized carbons (Fsp3) is 0.211. The van der Waals surface area contributed by atoms with Crippen molar-refractivity contribution in [1.82, 2.24) is 9.97 Å². The van der Waals surface area contributed by atoms with Crippen molar-refractivity contribution in [1.29, 1.82) is 0 Å². The van der Waals surface area contributed by atoms with Gasteiger partial charge >= 0.3 is 0 Å². The number of fused-ring (bicyclic) bond motifs is 1. The summed E-state index contributed by atoms with van der Waals surface area (Å²) in [6.07, 6.45) is 0. The normalized spacial score (nSPS) is 11.4. The first-order chi connectivity index (χ1) is 13.3. The molecule has 0 aliphatic rings. The summed E-state index contributed by atoms with van der Waals surface area (Å²) in [5.41, 5.74) is 2.09. The van der Waals surface area contributed by atoms with Crippen molar-refractivity contribution in [2.75, 3.05) is 18.2 Å². The van der Waals surface area contributed by atoms with Crippen molar-refractivity contribution < 1.29 is 22.7 Å². The number of amides is 1. The molecule has 3 aromatic rings. The highest BCUT2D eigenvalue weighted by Gasteiger charge is 2.21. The number of Topliss-reactive ketones (excluding diaryl/α,β-unsaturated/α-hetero) is 1. The Labute approximate surface area is 161 Å².